The van der Waals surface area contributed by atoms with Crippen LogP contribution in [0.3, 0.4) is 0 Å². The lowest BCUT2D eigenvalue weighted by atomic mass is 10.1. The monoisotopic (exact) mass is 247 g/mol. The first-order chi connectivity index (χ1) is 5.66. The average Bonchev–Trinajstić information content (AvgIpc) is 2.03. The van der Waals surface area contributed by atoms with Crippen molar-refractivity contribution in [2.75, 3.05) is 0 Å². The minimum atomic E-state index is -0.452. The highest BCUT2D eigenvalue weighted by Gasteiger charge is 2.09. The molecule has 0 radical (unpaired) electrons. The van der Waals surface area contributed by atoms with E-state index in [1.54, 1.807) is 18.2 Å². The number of amides is 1. The van der Waals surface area contributed by atoms with Crippen molar-refractivity contribution in [2.45, 2.75) is 5.33 Å². The van der Waals surface area contributed by atoms with Crippen LogP contribution in [0.5, 0.6) is 0 Å². The maximum atomic E-state index is 10.9. The summed E-state index contributed by atoms with van der Waals surface area (Å²) in [6.45, 7) is 0. The fourth-order valence-corrected chi connectivity index (χ4v) is 1.93. The first-order valence-electron chi connectivity index (χ1n) is 3.30. The van der Waals surface area contributed by atoms with E-state index in [9.17, 15) is 4.79 Å². The summed E-state index contributed by atoms with van der Waals surface area (Å²) in [4.78, 5) is 10.9. The van der Waals surface area contributed by atoms with E-state index in [1.165, 1.54) is 0 Å². The van der Waals surface area contributed by atoms with Gasteiger partial charge in [0.25, 0.3) is 0 Å². The summed E-state index contributed by atoms with van der Waals surface area (Å²) in [6.07, 6.45) is 0. The van der Waals surface area contributed by atoms with Gasteiger partial charge in [-0.3, -0.25) is 4.79 Å². The first-order valence-corrected chi connectivity index (χ1v) is 4.80. The molecule has 0 aromatic heterocycles. The van der Waals surface area contributed by atoms with Crippen molar-refractivity contribution in [1.29, 1.82) is 0 Å². The molecule has 0 fully saturated rings. The van der Waals surface area contributed by atoms with Gasteiger partial charge in [-0.2, -0.15) is 0 Å². The molecule has 4 heteroatoms. The lowest BCUT2D eigenvalue weighted by Crippen LogP contribution is -2.13. The molecule has 2 N–H and O–H groups in total. The second-order valence-corrected chi connectivity index (χ2v) is 3.23. The van der Waals surface area contributed by atoms with Crippen LogP contribution in [0.4, 0.5) is 0 Å². The molecule has 0 saturated heterocycles. The normalized spacial score (nSPS) is 9.83. The Balaban J connectivity index is 3.27. The zero-order valence-corrected chi connectivity index (χ0v) is 8.52. The van der Waals surface area contributed by atoms with Crippen molar-refractivity contribution < 1.29 is 4.79 Å². The van der Waals surface area contributed by atoms with Crippen LogP contribution in [0.15, 0.2) is 18.2 Å². The molecule has 2 nitrogen and oxygen atoms in total. The third kappa shape index (κ3) is 1.79. The molecule has 1 aromatic carbocycles. The zero-order chi connectivity index (χ0) is 9.14. The summed E-state index contributed by atoms with van der Waals surface area (Å²) < 4.78 is 0. The van der Waals surface area contributed by atoms with Crippen LogP contribution in [0.1, 0.15) is 15.9 Å². The maximum Gasteiger partial charge on any atom is 0.249 e. The molecule has 64 valence electrons. The Bertz CT molecular complexity index is 314. The van der Waals surface area contributed by atoms with Crippen molar-refractivity contribution in [3.8, 4) is 0 Å². The Labute approximate surface area is 83.8 Å². The highest BCUT2D eigenvalue weighted by molar-refractivity contribution is 9.08. The minimum absolute atomic E-state index is 0.452. The van der Waals surface area contributed by atoms with Gasteiger partial charge in [-0.15, -0.1) is 0 Å². The lowest BCUT2D eigenvalue weighted by Gasteiger charge is -2.04. The summed E-state index contributed by atoms with van der Waals surface area (Å²) >= 11 is 9.07. The fourth-order valence-electron chi connectivity index (χ4n) is 0.925. The van der Waals surface area contributed by atoms with Gasteiger partial charge >= 0.3 is 0 Å². The predicted octanol–water partition coefficient (Wildman–Crippen LogP) is 2.33. The molecule has 0 spiro atoms. The number of hydrogen-bond donors (Lipinski definition) is 1. The summed E-state index contributed by atoms with van der Waals surface area (Å²) in [5, 5.41) is 1.09. The van der Waals surface area contributed by atoms with Gasteiger partial charge in [0.05, 0.1) is 0 Å². The topological polar surface area (TPSA) is 43.1 Å². The number of halogens is 2. The molecule has 12 heavy (non-hydrogen) atoms. The van der Waals surface area contributed by atoms with Crippen LogP contribution in [0.2, 0.25) is 5.02 Å². The van der Waals surface area contributed by atoms with Crippen molar-refractivity contribution in [3.05, 3.63) is 34.3 Å². The number of carbonyl (C=O) groups is 1. The number of primary amides is 1. The fraction of sp³-hybridized carbons (Fsp3) is 0.125. The predicted molar refractivity (Wildman–Crippen MR) is 52.6 cm³/mol. The molecule has 0 atom stereocenters. The quantitative estimate of drug-likeness (QED) is 0.802. The van der Waals surface area contributed by atoms with E-state index in [-0.39, 0.29) is 0 Å². The SMILES string of the molecule is NC(=O)c1cccc(Cl)c1CBr. The Morgan fingerprint density at radius 3 is 2.67 bits per heavy atom. The average molecular weight is 249 g/mol. The summed E-state index contributed by atoms with van der Waals surface area (Å²) in [5.41, 5.74) is 6.35. The molecule has 0 bridgehead atoms. The smallest absolute Gasteiger partial charge is 0.249 e. The van der Waals surface area contributed by atoms with Crippen molar-refractivity contribution in [2.24, 2.45) is 5.73 Å². The molecule has 0 aliphatic heterocycles. The highest BCUT2D eigenvalue weighted by Crippen LogP contribution is 2.22. The van der Waals surface area contributed by atoms with Gasteiger partial charge in [-0.05, 0) is 17.7 Å². The van der Waals surface area contributed by atoms with Gasteiger partial charge in [0.2, 0.25) is 5.91 Å². The van der Waals surface area contributed by atoms with Crippen LogP contribution in [0, 0.1) is 0 Å². The van der Waals surface area contributed by atoms with Crippen molar-refractivity contribution >= 4 is 33.4 Å². The molecular formula is C8H7BrClNO. The lowest BCUT2D eigenvalue weighted by molar-refractivity contribution is 0.0999. The summed E-state index contributed by atoms with van der Waals surface area (Å²) in [7, 11) is 0. The zero-order valence-electron chi connectivity index (χ0n) is 6.18. The molecule has 1 aromatic rings. The Morgan fingerprint density at radius 1 is 1.58 bits per heavy atom. The van der Waals surface area contributed by atoms with E-state index >= 15 is 0 Å². The molecule has 1 rings (SSSR count). The Hall–Kier alpha value is -0.540. The van der Waals surface area contributed by atoms with Gasteiger partial charge in [0.15, 0.2) is 0 Å². The van der Waals surface area contributed by atoms with E-state index in [1.807, 2.05) is 0 Å². The number of hydrogen-bond acceptors (Lipinski definition) is 1. The summed E-state index contributed by atoms with van der Waals surface area (Å²) in [5.74, 6) is -0.452. The number of rotatable bonds is 2. The molecule has 1 amide bonds. The van der Waals surface area contributed by atoms with E-state index in [4.69, 9.17) is 17.3 Å². The van der Waals surface area contributed by atoms with Gasteiger partial charge in [0.1, 0.15) is 0 Å². The van der Waals surface area contributed by atoms with Crippen molar-refractivity contribution in [1.82, 2.24) is 0 Å². The van der Waals surface area contributed by atoms with E-state index in [0.717, 1.165) is 5.56 Å². The third-order valence-electron chi connectivity index (χ3n) is 1.52. The van der Waals surface area contributed by atoms with Crippen molar-refractivity contribution in [3.63, 3.8) is 0 Å². The van der Waals surface area contributed by atoms with E-state index < -0.39 is 5.91 Å². The second kappa shape index (κ2) is 3.92. The molecule has 0 aliphatic carbocycles. The molecule has 0 heterocycles. The van der Waals surface area contributed by atoms with Gasteiger partial charge in [0, 0.05) is 15.9 Å². The number of benzene rings is 1. The molecule has 0 unspecified atom stereocenters. The standard InChI is InChI=1S/C8H7BrClNO/c9-4-6-5(8(11)12)2-1-3-7(6)10/h1-3H,4H2,(H2,11,12). The van der Waals surface area contributed by atoms with Crippen LogP contribution >= 0.6 is 27.5 Å². The Kier molecular flexibility index (Phi) is 3.12. The largest absolute Gasteiger partial charge is 0.366 e. The van der Waals surface area contributed by atoms with Crippen LogP contribution in [-0.4, -0.2) is 5.91 Å². The molecule has 0 saturated carbocycles. The Morgan fingerprint density at radius 2 is 2.25 bits per heavy atom. The summed E-state index contributed by atoms with van der Waals surface area (Å²) in [6, 6.07) is 5.09. The number of nitrogens with two attached hydrogens (primary N) is 1. The van der Waals surface area contributed by atoms with Crippen LogP contribution < -0.4 is 5.73 Å². The van der Waals surface area contributed by atoms with Gasteiger partial charge < -0.3 is 5.73 Å². The number of carbonyl (C=O) groups excluding carboxylic acids is 1. The highest BCUT2D eigenvalue weighted by atomic mass is 79.9. The van der Waals surface area contributed by atoms with Crippen LogP contribution in [0.25, 0.3) is 0 Å². The van der Waals surface area contributed by atoms with Gasteiger partial charge in [-0.25, -0.2) is 0 Å². The van der Waals surface area contributed by atoms with E-state index in [0.29, 0.717) is 15.9 Å². The molecule has 0 aliphatic rings. The minimum Gasteiger partial charge on any atom is -0.366 e. The van der Waals surface area contributed by atoms with Crippen LogP contribution in [-0.2, 0) is 5.33 Å². The number of alkyl halides is 1. The molecular weight excluding hydrogens is 241 g/mol. The first kappa shape index (κ1) is 9.55. The van der Waals surface area contributed by atoms with E-state index in [2.05, 4.69) is 15.9 Å². The third-order valence-corrected chi connectivity index (χ3v) is 2.43. The van der Waals surface area contributed by atoms with Gasteiger partial charge in [-0.1, -0.05) is 33.6 Å². The maximum absolute atomic E-state index is 10.9. The second-order valence-electron chi connectivity index (χ2n) is 2.26.